The van der Waals surface area contributed by atoms with Crippen LogP contribution in [0, 0.1) is 12.8 Å². The number of aromatic nitrogens is 1. The van der Waals surface area contributed by atoms with Gasteiger partial charge in [-0.1, -0.05) is 6.92 Å². The number of rotatable bonds is 5. The van der Waals surface area contributed by atoms with Crippen LogP contribution in [0.25, 0.3) is 0 Å². The summed E-state index contributed by atoms with van der Waals surface area (Å²) in [5, 5.41) is 12.8. The van der Waals surface area contributed by atoms with Gasteiger partial charge in [0, 0.05) is 19.1 Å². The van der Waals surface area contributed by atoms with Crippen LogP contribution in [0.5, 0.6) is 0 Å². The van der Waals surface area contributed by atoms with Crippen LogP contribution in [0.4, 0.5) is 0 Å². The van der Waals surface area contributed by atoms with Gasteiger partial charge in [0.2, 0.25) is 0 Å². The van der Waals surface area contributed by atoms with E-state index >= 15 is 0 Å². The quantitative estimate of drug-likeness (QED) is 0.818. The van der Waals surface area contributed by atoms with Gasteiger partial charge in [-0.05, 0) is 19.3 Å². The summed E-state index contributed by atoms with van der Waals surface area (Å²) in [5.74, 6) is 0.191. The van der Waals surface area contributed by atoms with Gasteiger partial charge in [0.15, 0.2) is 0 Å². The second kappa shape index (κ2) is 5.44. The lowest BCUT2D eigenvalue weighted by Crippen LogP contribution is -2.11. The molecule has 0 saturated carbocycles. The molecule has 0 aliphatic rings. The monoisotopic (exact) mass is 215 g/mol. The lowest BCUT2D eigenvalue weighted by Gasteiger charge is -2.16. The first-order chi connectivity index (χ1) is 6.65. The van der Waals surface area contributed by atoms with Crippen LogP contribution >= 0.6 is 11.3 Å². The van der Waals surface area contributed by atoms with Gasteiger partial charge < -0.3 is 9.84 Å². The van der Waals surface area contributed by atoms with Crippen molar-refractivity contribution in [2.45, 2.75) is 26.4 Å². The topological polar surface area (TPSA) is 42.4 Å². The minimum atomic E-state index is -0.463. The maximum absolute atomic E-state index is 9.92. The summed E-state index contributed by atoms with van der Waals surface area (Å²) in [6.07, 6.45) is 0.393. The van der Waals surface area contributed by atoms with Crippen molar-refractivity contribution in [3.05, 3.63) is 16.1 Å². The van der Waals surface area contributed by atoms with Crippen molar-refractivity contribution in [2.24, 2.45) is 5.92 Å². The predicted molar refractivity (Wildman–Crippen MR) is 57.5 cm³/mol. The smallest absolute Gasteiger partial charge is 0.0994 e. The lowest BCUT2D eigenvalue weighted by atomic mass is 9.99. The Hall–Kier alpha value is -0.450. The fraction of sp³-hybridized carbons (Fsp3) is 0.700. The van der Waals surface area contributed by atoms with E-state index in [9.17, 15) is 5.11 Å². The zero-order valence-corrected chi connectivity index (χ0v) is 9.67. The van der Waals surface area contributed by atoms with Gasteiger partial charge in [0.25, 0.3) is 0 Å². The number of aliphatic hydroxyl groups excluding tert-OH is 1. The fourth-order valence-electron chi connectivity index (χ4n) is 1.27. The highest BCUT2D eigenvalue weighted by molar-refractivity contribution is 7.09. The van der Waals surface area contributed by atoms with E-state index in [0.29, 0.717) is 6.61 Å². The molecule has 0 fully saturated rings. The van der Waals surface area contributed by atoms with Gasteiger partial charge in [-0.25, -0.2) is 4.98 Å². The van der Waals surface area contributed by atoms with Crippen molar-refractivity contribution in [3.8, 4) is 0 Å². The van der Waals surface area contributed by atoms with Crippen molar-refractivity contribution in [2.75, 3.05) is 13.7 Å². The lowest BCUT2D eigenvalue weighted by molar-refractivity contribution is 0.0859. The molecule has 14 heavy (non-hydrogen) atoms. The van der Waals surface area contributed by atoms with E-state index in [2.05, 4.69) is 4.98 Å². The first-order valence-corrected chi connectivity index (χ1v) is 5.62. The molecule has 1 N–H and O–H groups in total. The van der Waals surface area contributed by atoms with E-state index in [1.54, 1.807) is 18.4 Å². The maximum atomic E-state index is 9.92. The average molecular weight is 215 g/mol. The largest absolute Gasteiger partial charge is 0.386 e. The van der Waals surface area contributed by atoms with Crippen molar-refractivity contribution in [3.63, 3.8) is 0 Å². The third-order valence-corrected chi connectivity index (χ3v) is 3.05. The highest BCUT2D eigenvalue weighted by atomic mass is 32.1. The molecule has 80 valence electrons. The van der Waals surface area contributed by atoms with Crippen molar-refractivity contribution >= 4 is 11.3 Å². The van der Waals surface area contributed by atoms with Gasteiger partial charge in [0.05, 0.1) is 16.8 Å². The van der Waals surface area contributed by atoms with Gasteiger partial charge in [-0.3, -0.25) is 0 Å². The molecule has 0 amide bonds. The summed E-state index contributed by atoms with van der Waals surface area (Å²) in [7, 11) is 1.67. The highest BCUT2D eigenvalue weighted by Gasteiger charge is 2.18. The molecule has 1 aromatic rings. The van der Waals surface area contributed by atoms with E-state index in [4.69, 9.17) is 4.74 Å². The molecule has 0 radical (unpaired) electrons. The Bertz CT molecular complexity index is 275. The minimum absolute atomic E-state index is 0.191. The Morgan fingerprint density at radius 2 is 2.36 bits per heavy atom. The van der Waals surface area contributed by atoms with Crippen molar-refractivity contribution in [1.29, 1.82) is 0 Å². The number of nitrogens with zero attached hydrogens (tertiary/aromatic N) is 1. The molecule has 0 aliphatic heterocycles. The number of hydrogen-bond acceptors (Lipinski definition) is 4. The van der Waals surface area contributed by atoms with Crippen LogP contribution < -0.4 is 0 Å². The van der Waals surface area contributed by atoms with Crippen molar-refractivity contribution in [1.82, 2.24) is 4.98 Å². The fourth-order valence-corrected chi connectivity index (χ4v) is 1.91. The molecule has 4 heteroatoms. The number of thiazole rings is 1. The molecule has 1 heterocycles. The van der Waals surface area contributed by atoms with E-state index in [1.165, 1.54) is 0 Å². The molecular weight excluding hydrogens is 198 g/mol. The molecule has 2 unspecified atom stereocenters. The minimum Gasteiger partial charge on any atom is -0.386 e. The predicted octanol–water partition coefficient (Wildman–Crippen LogP) is 2.16. The molecule has 0 aliphatic carbocycles. The third kappa shape index (κ3) is 3.04. The number of ether oxygens (including phenoxy) is 1. The SMILES string of the molecule is COCCC(C)C(O)c1csc(C)n1. The van der Waals surface area contributed by atoms with Crippen LogP contribution in [-0.2, 0) is 4.74 Å². The number of hydrogen-bond donors (Lipinski definition) is 1. The molecule has 0 spiro atoms. The van der Waals surface area contributed by atoms with Crippen LogP contribution in [0.15, 0.2) is 5.38 Å². The van der Waals surface area contributed by atoms with Crippen LogP contribution in [0.1, 0.15) is 30.2 Å². The Labute approximate surface area is 88.8 Å². The van der Waals surface area contributed by atoms with E-state index in [0.717, 1.165) is 17.1 Å². The highest BCUT2D eigenvalue weighted by Crippen LogP contribution is 2.25. The summed E-state index contributed by atoms with van der Waals surface area (Å²) in [4.78, 5) is 4.27. The number of aliphatic hydroxyl groups is 1. The summed E-state index contributed by atoms with van der Waals surface area (Å²) in [6.45, 7) is 4.64. The molecular formula is C10H17NO2S. The summed E-state index contributed by atoms with van der Waals surface area (Å²) in [5.41, 5.74) is 0.788. The molecule has 0 bridgehead atoms. The summed E-state index contributed by atoms with van der Waals surface area (Å²) in [6, 6.07) is 0. The molecule has 1 rings (SSSR count). The second-order valence-electron chi connectivity index (χ2n) is 3.49. The molecule has 2 atom stereocenters. The maximum Gasteiger partial charge on any atom is 0.0994 e. The number of aryl methyl sites for hydroxylation is 1. The van der Waals surface area contributed by atoms with Gasteiger partial charge in [0.1, 0.15) is 0 Å². The van der Waals surface area contributed by atoms with E-state index in [-0.39, 0.29) is 5.92 Å². The molecule has 0 aromatic carbocycles. The van der Waals surface area contributed by atoms with Crippen LogP contribution in [-0.4, -0.2) is 23.8 Å². The van der Waals surface area contributed by atoms with E-state index in [1.807, 2.05) is 19.2 Å². The van der Waals surface area contributed by atoms with Crippen LogP contribution in [0.3, 0.4) is 0 Å². The van der Waals surface area contributed by atoms with Gasteiger partial charge >= 0.3 is 0 Å². The average Bonchev–Trinajstić information content (AvgIpc) is 2.60. The number of methoxy groups -OCH3 is 1. The standard InChI is InChI=1S/C10H17NO2S/c1-7(4-5-13-3)10(12)9-6-14-8(2)11-9/h6-7,10,12H,4-5H2,1-3H3. The second-order valence-corrected chi connectivity index (χ2v) is 4.56. The normalized spacial score (nSPS) is 15.4. The first kappa shape index (κ1) is 11.6. The Kier molecular flexibility index (Phi) is 4.51. The molecule has 0 saturated heterocycles. The Morgan fingerprint density at radius 3 is 2.86 bits per heavy atom. The third-order valence-electron chi connectivity index (χ3n) is 2.26. The molecule has 1 aromatic heterocycles. The van der Waals surface area contributed by atoms with Gasteiger partial charge in [-0.15, -0.1) is 11.3 Å². The molecule has 3 nitrogen and oxygen atoms in total. The Balaban J connectivity index is 2.51. The summed E-state index contributed by atoms with van der Waals surface area (Å²) < 4.78 is 4.97. The summed E-state index contributed by atoms with van der Waals surface area (Å²) >= 11 is 1.57. The zero-order valence-electron chi connectivity index (χ0n) is 8.86. The Morgan fingerprint density at radius 1 is 1.64 bits per heavy atom. The van der Waals surface area contributed by atoms with E-state index < -0.39 is 6.10 Å². The zero-order chi connectivity index (χ0) is 10.6. The first-order valence-electron chi connectivity index (χ1n) is 4.74. The van der Waals surface area contributed by atoms with Crippen molar-refractivity contribution < 1.29 is 9.84 Å². The van der Waals surface area contributed by atoms with Crippen LogP contribution in [0.2, 0.25) is 0 Å². The van der Waals surface area contributed by atoms with Gasteiger partial charge in [-0.2, -0.15) is 0 Å².